The molecule has 7 heteroatoms. The maximum atomic E-state index is 12.0. The van der Waals surface area contributed by atoms with Gasteiger partial charge >= 0.3 is 5.97 Å². The smallest absolute Gasteiger partial charge is 0.338 e. The van der Waals surface area contributed by atoms with Crippen molar-refractivity contribution in [1.82, 2.24) is 10.2 Å². The minimum atomic E-state index is -0.435. The van der Waals surface area contributed by atoms with Crippen LogP contribution in [0.3, 0.4) is 0 Å². The van der Waals surface area contributed by atoms with E-state index in [-0.39, 0.29) is 13.2 Å². The summed E-state index contributed by atoms with van der Waals surface area (Å²) in [5, 5.41) is 8.46. The van der Waals surface area contributed by atoms with Crippen LogP contribution in [0.15, 0.2) is 42.6 Å². The Morgan fingerprint density at radius 3 is 2.70 bits per heavy atom. The molecular formula is C16H12Cl2N2O3. The Morgan fingerprint density at radius 2 is 1.91 bits per heavy atom. The highest BCUT2D eigenvalue weighted by molar-refractivity contribution is 6.37. The second kappa shape index (κ2) is 6.89. The molecule has 3 aromatic rings. The van der Waals surface area contributed by atoms with Gasteiger partial charge in [-0.25, -0.2) is 4.79 Å². The Morgan fingerprint density at radius 1 is 1.13 bits per heavy atom. The summed E-state index contributed by atoms with van der Waals surface area (Å²) >= 11 is 12.0. The van der Waals surface area contributed by atoms with Crippen molar-refractivity contribution in [2.24, 2.45) is 0 Å². The Hall–Kier alpha value is -2.24. The van der Waals surface area contributed by atoms with Crippen molar-refractivity contribution in [3.63, 3.8) is 0 Å². The molecule has 0 atom stereocenters. The van der Waals surface area contributed by atoms with Crippen molar-refractivity contribution in [3.05, 3.63) is 58.2 Å². The van der Waals surface area contributed by atoms with Gasteiger partial charge in [-0.05, 0) is 24.3 Å². The Labute approximate surface area is 142 Å². The van der Waals surface area contributed by atoms with Crippen LogP contribution < -0.4 is 4.74 Å². The van der Waals surface area contributed by atoms with E-state index >= 15 is 0 Å². The van der Waals surface area contributed by atoms with Crippen LogP contribution in [0.2, 0.25) is 10.0 Å². The predicted octanol–water partition coefficient (Wildman–Crippen LogP) is 4.11. The van der Waals surface area contributed by atoms with Crippen LogP contribution in [0.25, 0.3) is 10.9 Å². The van der Waals surface area contributed by atoms with Gasteiger partial charge in [0.25, 0.3) is 0 Å². The molecule has 3 rings (SSSR count). The number of hydrogen-bond acceptors (Lipinski definition) is 4. The van der Waals surface area contributed by atoms with Gasteiger partial charge in [0.2, 0.25) is 0 Å². The summed E-state index contributed by atoms with van der Waals surface area (Å²) < 4.78 is 10.6. The lowest BCUT2D eigenvalue weighted by Crippen LogP contribution is -2.12. The number of rotatable bonds is 5. The van der Waals surface area contributed by atoms with Gasteiger partial charge < -0.3 is 9.47 Å². The molecule has 1 aromatic heterocycles. The normalized spacial score (nSPS) is 10.7. The van der Waals surface area contributed by atoms with Gasteiger partial charge in [0.1, 0.15) is 13.2 Å². The lowest BCUT2D eigenvalue weighted by Gasteiger charge is -2.10. The second-order valence-electron chi connectivity index (χ2n) is 4.71. The largest absolute Gasteiger partial charge is 0.487 e. The predicted molar refractivity (Wildman–Crippen MR) is 88.3 cm³/mol. The van der Waals surface area contributed by atoms with E-state index in [1.54, 1.807) is 42.6 Å². The molecule has 0 saturated heterocycles. The molecule has 0 bridgehead atoms. The maximum absolute atomic E-state index is 12.0. The average molecular weight is 351 g/mol. The summed E-state index contributed by atoms with van der Waals surface area (Å²) in [4.78, 5) is 12.0. The van der Waals surface area contributed by atoms with Gasteiger partial charge in [-0.1, -0.05) is 35.3 Å². The number of nitrogens with one attached hydrogen (secondary N) is 1. The second-order valence-corrected chi connectivity index (χ2v) is 5.52. The Balaban J connectivity index is 1.55. The number of esters is 1. The van der Waals surface area contributed by atoms with Crippen molar-refractivity contribution in [3.8, 4) is 5.75 Å². The van der Waals surface area contributed by atoms with Crippen molar-refractivity contribution in [2.75, 3.05) is 13.2 Å². The number of H-pyrrole nitrogens is 1. The molecule has 0 amide bonds. The van der Waals surface area contributed by atoms with Crippen molar-refractivity contribution < 1.29 is 14.3 Å². The number of para-hydroxylation sites is 1. The fourth-order valence-corrected chi connectivity index (χ4v) is 2.55. The van der Waals surface area contributed by atoms with Crippen molar-refractivity contribution in [2.45, 2.75) is 0 Å². The quantitative estimate of drug-likeness (QED) is 0.555. The first-order chi connectivity index (χ1) is 11.1. The molecule has 0 aliphatic heterocycles. The minimum Gasteiger partial charge on any atom is -0.487 e. The summed E-state index contributed by atoms with van der Waals surface area (Å²) in [6, 6.07) is 10.3. The van der Waals surface area contributed by atoms with Crippen LogP contribution in [-0.4, -0.2) is 29.4 Å². The van der Waals surface area contributed by atoms with Gasteiger partial charge in [-0.3, -0.25) is 5.10 Å². The molecule has 0 aliphatic rings. The third-order valence-corrected chi connectivity index (χ3v) is 3.75. The van der Waals surface area contributed by atoms with Crippen LogP contribution in [-0.2, 0) is 4.74 Å². The number of hydrogen-bond donors (Lipinski definition) is 1. The molecule has 1 N–H and O–H groups in total. The number of aromatic nitrogens is 2. The monoisotopic (exact) mass is 350 g/mol. The van der Waals surface area contributed by atoms with Crippen LogP contribution in [0.4, 0.5) is 0 Å². The number of halogens is 2. The summed E-state index contributed by atoms with van der Waals surface area (Å²) in [6.07, 6.45) is 1.69. The third kappa shape index (κ3) is 3.57. The first-order valence-electron chi connectivity index (χ1n) is 6.82. The van der Waals surface area contributed by atoms with Crippen LogP contribution >= 0.6 is 23.2 Å². The lowest BCUT2D eigenvalue weighted by atomic mass is 10.2. The first kappa shape index (κ1) is 15.6. The Bertz CT molecular complexity index is 828. The molecule has 0 aliphatic carbocycles. The van der Waals surface area contributed by atoms with E-state index in [0.29, 0.717) is 21.4 Å². The summed E-state index contributed by atoms with van der Waals surface area (Å²) in [5.74, 6) is -0.0545. The molecule has 0 fully saturated rings. The topological polar surface area (TPSA) is 64.2 Å². The minimum absolute atomic E-state index is 0.0847. The van der Waals surface area contributed by atoms with Crippen LogP contribution in [0, 0.1) is 0 Å². The molecule has 2 aromatic carbocycles. The number of fused-ring (bicyclic) bond motifs is 1. The molecule has 5 nitrogen and oxygen atoms in total. The number of aromatic amines is 1. The summed E-state index contributed by atoms with van der Waals surface area (Å²) in [5.41, 5.74) is 1.22. The van der Waals surface area contributed by atoms with E-state index in [1.165, 1.54) is 0 Å². The fraction of sp³-hybridized carbons (Fsp3) is 0.125. The number of carbonyl (C=O) groups excluding carboxylic acids is 1. The first-order valence-corrected chi connectivity index (χ1v) is 7.58. The van der Waals surface area contributed by atoms with Crippen LogP contribution in [0.1, 0.15) is 10.4 Å². The zero-order valence-corrected chi connectivity index (χ0v) is 13.4. The average Bonchev–Trinajstić information content (AvgIpc) is 3.01. The molecule has 0 unspecified atom stereocenters. The molecule has 0 spiro atoms. The van der Waals surface area contributed by atoms with Gasteiger partial charge in [-0.2, -0.15) is 5.10 Å². The SMILES string of the molecule is O=C(OCCOc1c(Cl)cccc1Cl)c1ccc2cn[nH]c2c1. The molecule has 0 radical (unpaired) electrons. The zero-order valence-electron chi connectivity index (χ0n) is 11.9. The van der Waals surface area contributed by atoms with Gasteiger partial charge in [0.15, 0.2) is 5.75 Å². The molecule has 118 valence electrons. The van der Waals surface area contributed by atoms with E-state index in [1.807, 2.05) is 0 Å². The van der Waals surface area contributed by atoms with Gasteiger partial charge in [0, 0.05) is 5.39 Å². The molecule has 0 saturated carbocycles. The summed E-state index contributed by atoms with van der Waals surface area (Å²) in [7, 11) is 0. The zero-order chi connectivity index (χ0) is 16.2. The summed E-state index contributed by atoms with van der Waals surface area (Å²) in [6.45, 7) is 0.239. The maximum Gasteiger partial charge on any atom is 0.338 e. The molecule has 1 heterocycles. The fourth-order valence-electron chi connectivity index (χ4n) is 2.05. The highest BCUT2D eigenvalue weighted by Crippen LogP contribution is 2.32. The number of ether oxygens (including phenoxy) is 2. The highest BCUT2D eigenvalue weighted by Gasteiger charge is 2.10. The number of carbonyl (C=O) groups is 1. The van der Waals surface area contributed by atoms with Crippen molar-refractivity contribution >= 4 is 40.1 Å². The number of benzene rings is 2. The van der Waals surface area contributed by atoms with Gasteiger partial charge in [0.05, 0.1) is 27.3 Å². The lowest BCUT2D eigenvalue weighted by molar-refractivity contribution is 0.0451. The Kier molecular flexibility index (Phi) is 4.69. The highest BCUT2D eigenvalue weighted by atomic mass is 35.5. The van der Waals surface area contributed by atoms with E-state index in [0.717, 1.165) is 10.9 Å². The number of nitrogens with zero attached hydrogens (tertiary/aromatic N) is 1. The molecular weight excluding hydrogens is 339 g/mol. The van der Waals surface area contributed by atoms with E-state index in [4.69, 9.17) is 32.7 Å². The van der Waals surface area contributed by atoms with E-state index < -0.39 is 5.97 Å². The molecule has 23 heavy (non-hydrogen) atoms. The van der Waals surface area contributed by atoms with E-state index in [2.05, 4.69) is 10.2 Å². The van der Waals surface area contributed by atoms with Crippen LogP contribution in [0.5, 0.6) is 5.75 Å². The third-order valence-electron chi connectivity index (χ3n) is 3.16. The van der Waals surface area contributed by atoms with E-state index in [9.17, 15) is 4.79 Å². The van der Waals surface area contributed by atoms with Gasteiger partial charge in [-0.15, -0.1) is 0 Å². The standard InChI is InChI=1S/C16H12Cl2N2O3/c17-12-2-1-3-13(18)15(12)22-6-7-23-16(21)10-4-5-11-9-19-20-14(11)8-10/h1-5,8-9H,6-7H2,(H,19,20). The van der Waals surface area contributed by atoms with Crippen molar-refractivity contribution in [1.29, 1.82) is 0 Å².